The first-order valence-corrected chi connectivity index (χ1v) is 10.4. The number of anilines is 1. The minimum Gasteiger partial charge on any atom is -0.363 e. The molecule has 0 aromatic carbocycles. The average molecular weight is 408 g/mol. The number of aliphatic imine (C=N–C) groups is 1. The van der Waals surface area contributed by atoms with Crippen LogP contribution >= 0.6 is 11.8 Å². The molecule has 0 bridgehead atoms. The van der Waals surface area contributed by atoms with Gasteiger partial charge in [-0.05, 0) is 18.4 Å². The second kappa shape index (κ2) is 6.98. The fourth-order valence-electron chi connectivity index (χ4n) is 3.79. The summed E-state index contributed by atoms with van der Waals surface area (Å²) in [4.78, 5) is 8.13. The Morgan fingerprint density at radius 2 is 2.31 bits per heavy atom. The molecule has 3 aliphatic rings. The van der Waals surface area contributed by atoms with Crippen LogP contribution in [0.25, 0.3) is 0 Å². The first kappa shape index (κ1) is 17.8. The molecule has 5 heterocycles. The van der Waals surface area contributed by atoms with Crippen molar-refractivity contribution in [2.75, 3.05) is 24.7 Å². The van der Waals surface area contributed by atoms with E-state index in [9.17, 15) is 5.26 Å². The zero-order valence-corrected chi connectivity index (χ0v) is 16.6. The van der Waals surface area contributed by atoms with E-state index in [4.69, 9.17) is 4.99 Å². The van der Waals surface area contributed by atoms with Crippen LogP contribution in [0, 0.1) is 11.3 Å². The van der Waals surface area contributed by atoms with Gasteiger partial charge in [0.05, 0.1) is 36.3 Å². The Kier molecular flexibility index (Phi) is 4.30. The van der Waals surface area contributed by atoms with Crippen LogP contribution in [0.5, 0.6) is 0 Å². The molecule has 2 aromatic heterocycles. The fraction of sp³-hybridized carbons (Fsp3) is 0.333. The maximum absolute atomic E-state index is 9.40. The normalized spacial score (nSPS) is 21.9. The van der Waals surface area contributed by atoms with Gasteiger partial charge in [-0.1, -0.05) is 0 Å². The van der Waals surface area contributed by atoms with E-state index in [0.29, 0.717) is 19.5 Å². The summed E-state index contributed by atoms with van der Waals surface area (Å²) in [6.45, 7) is 1.42. The van der Waals surface area contributed by atoms with Crippen molar-refractivity contribution in [1.29, 1.82) is 5.26 Å². The summed E-state index contributed by atoms with van der Waals surface area (Å²) in [6.07, 6.45) is 15.5. The number of hydrogen-bond donors (Lipinski definition) is 3. The zero-order valence-electron chi connectivity index (χ0n) is 15.8. The van der Waals surface area contributed by atoms with E-state index < -0.39 is 0 Å². The first-order chi connectivity index (χ1) is 14.2. The number of rotatable bonds is 6. The molecule has 1 atom stereocenters. The molecule has 1 unspecified atom stereocenters. The van der Waals surface area contributed by atoms with Gasteiger partial charge in [0.15, 0.2) is 12.1 Å². The number of hydrazine groups is 1. The van der Waals surface area contributed by atoms with Gasteiger partial charge >= 0.3 is 0 Å². The molecule has 10 nitrogen and oxygen atoms in total. The Bertz CT molecular complexity index is 1020. The van der Waals surface area contributed by atoms with Crippen molar-refractivity contribution in [3.63, 3.8) is 0 Å². The van der Waals surface area contributed by atoms with Crippen LogP contribution in [-0.4, -0.2) is 61.4 Å². The Morgan fingerprint density at radius 1 is 1.41 bits per heavy atom. The van der Waals surface area contributed by atoms with Gasteiger partial charge < -0.3 is 10.2 Å². The molecule has 148 valence electrons. The average Bonchev–Trinajstić information content (AvgIpc) is 3.44. The number of likely N-dealkylation sites (tertiary alicyclic amines) is 1. The van der Waals surface area contributed by atoms with Crippen LogP contribution < -0.4 is 10.7 Å². The van der Waals surface area contributed by atoms with E-state index in [1.165, 1.54) is 0 Å². The third-order valence-electron chi connectivity index (χ3n) is 5.26. The Morgan fingerprint density at radius 3 is 3.03 bits per heavy atom. The highest BCUT2D eigenvalue weighted by Gasteiger charge is 2.48. The van der Waals surface area contributed by atoms with Crippen molar-refractivity contribution in [1.82, 2.24) is 35.3 Å². The number of hydrogen-bond acceptors (Lipinski definition) is 9. The standard InChI is InChI=1S/C18H20N10S/c1-29-14-9-22-28(10-14)18(4-5-19)11-26(12-18)15-3-2-6-27-16(15)24-17(25-27)23-13-7-20-21-8-13/h2-3,6-10,17,23,25H,4,11-12H2,1H3,(H,20,21). The predicted octanol–water partition coefficient (Wildman–Crippen LogP) is 1.28. The van der Waals surface area contributed by atoms with Crippen LogP contribution in [0.4, 0.5) is 5.69 Å². The fourth-order valence-corrected chi connectivity index (χ4v) is 4.15. The van der Waals surface area contributed by atoms with Gasteiger partial charge in [0.2, 0.25) is 0 Å². The lowest BCUT2D eigenvalue weighted by Gasteiger charge is -2.51. The summed E-state index contributed by atoms with van der Waals surface area (Å²) in [5.41, 5.74) is 4.89. The third-order valence-corrected chi connectivity index (χ3v) is 5.94. The molecular weight excluding hydrogens is 388 g/mol. The number of amidine groups is 1. The second-order valence-electron chi connectivity index (χ2n) is 7.12. The number of nitriles is 1. The number of H-pyrrole nitrogens is 1. The molecule has 5 rings (SSSR count). The highest BCUT2D eigenvalue weighted by molar-refractivity contribution is 7.98. The van der Waals surface area contributed by atoms with Gasteiger partial charge in [-0.3, -0.25) is 14.8 Å². The van der Waals surface area contributed by atoms with E-state index in [-0.39, 0.29) is 11.8 Å². The topological polar surface area (TPSA) is 113 Å². The Labute approximate surface area is 171 Å². The largest absolute Gasteiger partial charge is 0.363 e. The van der Waals surface area contributed by atoms with E-state index in [0.717, 1.165) is 22.1 Å². The van der Waals surface area contributed by atoms with Crippen molar-refractivity contribution in [2.24, 2.45) is 4.99 Å². The lowest BCUT2D eigenvalue weighted by molar-refractivity contribution is 0.0366. The number of aromatic nitrogens is 4. The molecule has 0 radical (unpaired) electrons. The summed E-state index contributed by atoms with van der Waals surface area (Å²) in [5.74, 6) is 0.851. The van der Waals surface area contributed by atoms with Gasteiger partial charge in [0, 0.05) is 36.6 Å². The predicted molar refractivity (Wildman–Crippen MR) is 109 cm³/mol. The van der Waals surface area contributed by atoms with Crippen LogP contribution in [0.1, 0.15) is 6.42 Å². The number of thioether (sulfide) groups is 1. The van der Waals surface area contributed by atoms with Crippen molar-refractivity contribution in [3.05, 3.63) is 48.8 Å². The van der Waals surface area contributed by atoms with Crippen LogP contribution in [0.3, 0.4) is 0 Å². The second-order valence-corrected chi connectivity index (χ2v) is 8.00. The monoisotopic (exact) mass is 408 g/mol. The van der Waals surface area contributed by atoms with Gasteiger partial charge in [-0.25, -0.2) is 4.99 Å². The van der Waals surface area contributed by atoms with Crippen LogP contribution in [-0.2, 0) is 5.54 Å². The third kappa shape index (κ3) is 3.06. The number of aromatic amines is 1. The summed E-state index contributed by atoms with van der Waals surface area (Å²) in [7, 11) is 0. The van der Waals surface area contributed by atoms with Gasteiger partial charge in [0.1, 0.15) is 5.54 Å². The van der Waals surface area contributed by atoms with Crippen molar-refractivity contribution >= 4 is 23.3 Å². The van der Waals surface area contributed by atoms with E-state index in [1.54, 1.807) is 24.2 Å². The molecule has 3 N–H and O–H groups in total. The lowest BCUT2D eigenvalue weighted by Crippen LogP contribution is -2.63. The molecule has 0 spiro atoms. The lowest BCUT2D eigenvalue weighted by atomic mass is 9.86. The molecule has 0 saturated carbocycles. The van der Waals surface area contributed by atoms with Crippen LogP contribution in [0.15, 0.2) is 58.7 Å². The number of nitrogens with one attached hydrogen (secondary N) is 3. The van der Waals surface area contributed by atoms with Gasteiger partial charge in [0.25, 0.3) is 0 Å². The molecule has 1 saturated heterocycles. The van der Waals surface area contributed by atoms with E-state index >= 15 is 0 Å². The minimum atomic E-state index is -0.309. The van der Waals surface area contributed by atoms with Crippen molar-refractivity contribution < 1.29 is 0 Å². The molecule has 3 aliphatic heterocycles. The van der Waals surface area contributed by atoms with Gasteiger partial charge in [-0.15, -0.1) is 11.8 Å². The summed E-state index contributed by atoms with van der Waals surface area (Å²) >= 11 is 1.65. The summed E-state index contributed by atoms with van der Waals surface area (Å²) in [5, 5.41) is 25.8. The van der Waals surface area contributed by atoms with Crippen molar-refractivity contribution in [3.8, 4) is 6.07 Å². The Hall–Kier alpha value is -3.23. The van der Waals surface area contributed by atoms with Crippen molar-refractivity contribution in [2.45, 2.75) is 23.1 Å². The van der Waals surface area contributed by atoms with Crippen LogP contribution in [0.2, 0.25) is 0 Å². The molecular formula is C18H20N10S. The molecule has 1 fully saturated rings. The molecule has 0 amide bonds. The summed E-state index contributed by atoms with van der Waals surface area (Å²) in [6, 6.07) is 2.34. The molecule has 0 aliphatic carbocycles. The minimum absolute atomic E-state index is 0.283. The quantitative estimate of drug-likeness (QED) is 0.613. The number of nitrogens with zero attached hydrogens (tertiary/aromatic N) is 7. The Balaban J connectivity index is 1.34. The molecule has 29 heavy (non-hydrogen) atoms. The maximum atomic E-state index is 9.40. The first-order valence-electron chi connectivity index (χ1n) is 9.19. The van der Waals surface area contributed by atoms with E-state index in [1.807, 2.05) is 40.6 Å². The summed E-state index contributed by atoms with van der Waals surface area (Å²) < 4.78 is 1.95. The highest BCUT2D eigenvalue weighted by atomic mass is 32.2. The zero-order chi connectivity index (χ0) is 19.8. The number of allylic oxidation sites excluding steroid dienone is 2. The highest BCUT2D eigenvalue weighted by Crippen LogP contribution is 2.37. The molecule has 2 aromatic rings. The van der Waals surface area contributed by atoms with E-state index in [2.05, 4.69) is 43.1 Å². The smallest absolute Gasteiger partial charge is 0.193 e. The number of fused-ring (bicyclic) bond motifs is 1. The maximum Gasteiger partial charge on any atom is 0.193 e. The van der Waals surface area contributed by atoms with Gasteiger partial charge in [-0.2, -0.15) is 20.9 Å². The SMILES string of the molecule is CSc1cnn(C2(CC#N)CN(C3=CC=CN4NC(Nc5cn[nH]c5)N=C34)C2)c1. The molecule has 11 heteroatoms.